The smallest absolute Gasteiger partial charge is 0.306 e. The highest BCUT2D eigenvalue weighted by molar-refractivity contribution is 5.70. The Bertz CT molecular complexity index is 696. The third kappa shape index (κ3) is 5.34. The fourth-order valence-corrected chi connectivity index (χ4v) is 3.36. The van der Waals surface area contributed by atoms with Gasteiger partial charge in [0.05, 0.1) is 12.5 Å². The number of likely N-dealkylation sites (tertiary alicyclic amines) is 1. The Morgan fingerprint density at radius 3 is 1.93 bits per heavy atom. The van der Waals surface area contributed by atoms with Crippen LogP contribution in [-0.2, 0) is 9.53 Å². The first kappa shape index (κ1) is 19.5. The average Bonchev–Trinajstić information content (AvgIpc) is 2.67. The number of nitrogens with zero attached hydrogens (tertiary/aromatic N) is 1. The SMILES string of the molecule is O=C(O)C1CCN(CCOC(c2ccc(F)cc2)c2ccc(F)cc2)CC1. The second-order valence-electron chi connectivity index (χ2n) is 6.81. The van der Waals surface area contributed by atoms with Crippen molar-refractivity contribution < 1.29 is 23.4 Å². The molecule has 3 rings (SSSR count). The molecule has 1 aliphatic rings. The normalized spacial score (nSPS) is 16.0. The molecule has 2 aromatic rings. The Hall–Kier alpha value is -2.31. The molecule has 1 N–H and O–H groups in total. The number of halogens is 2. The van der Waals surface area contributed by atoms with Gasteiger partial charge >= 0.3 is 5.97 Å². The first-order chi connectivity index (χ1) is 13.0. The molecule has 0 saturated carbocycles. The zero-order valence-electron chi connectivity index (χ0n) is 15.0. The minimum Gasteiger partial charge on any atom is -0.481 e. The van der Waals surface area contributed by atoms with Crippen molar-refractivity contribution in [2.24, 2.45) is 5.92 Å². The fraction of sp³-hybridized carbons (Fsp3) is 0.381. The van der Waals surface area contributed by atoms with Crippen molar-refractivity contribution in [1.29, 1.82) is 0 Å². The van der Waals surface area contributed by atoms with E-state index in [1.54, 1.807) is 24.3 Å². The molecule has 0 bridgehead atoms. The maximum Gasteiger partial charge on any atom is 0.306 e. The molecular weight excluding hydrogens is 352 g/mol. The number of ether oxygens (including phenoxy) is 1. The van der Waals surface area contributed by atoms with Crippen molar-refractivity contribution in [1.82, 2.24) is 4.90 Å². The third-order valence-corrected chi connectivity index (χ3v) is 4.97. The van der Waals surface area contributed by atoms with Crippen LogP contribution < -0.4 is 0 Å². The maximum absolute atomic E-state index is 13.2. The molecule has 2 aromatic carbocycles. The molecule has 144 valence electrons. The molecular formula is C21H23F2NO3. The molecule has 6 heteroatoms. The van der Waals surface area contributed by atoms with Crippen LogP contribution in [0.3, 0.4) is 0 Å². The van der Waals surface area contributed by atoms with Gasteiger partial charge in [-0.15, -0.1) is 0 Å². The number of piperidine rings is 1. The summed E-state index contributed by atoms with van der Waals surface area (Å²) in [5.74, 6) is -1.62. The van der Waals surface area contributed by atoms with Gasteiger partial charge in [-0.25, -0.2) is 8.78 Å². The Kier molecular flexibility index (Phi) is 6.53. The monoisotopic (exact) mass is 375 g/mol. The first-order valence-corrected chi connectivity index (χ1v) is 9.10. The predicted molar refractivity (Wildman–Crippen MR) is 97.4 cm³/mol. The van der Waals surface area contributed by atoms with E-state index in [1.807, 2.05) is 0 Å². The Balaban J connectivity index is 1.61. The molecule has 0 spiro atoms. The molecule has 27 heavy (non-hydrogen) atoms. The lowest BCUT2D eigenvalue weighted by molar-refractivity contribution is -0.143. The van der Waals surface area contributed by atoms with E-state index in [9.17, 15) is 13.6 Å². The van der Waals surface area contributed by atoms with Crippen LogP contribution in [-0.4, -0.2) is 42.2 Å². The van der Waals surface area contributed by atoms with Gasteiger partial charge in [-0.05, 0) is 61.3 Å². The van der Waals surface area contributed by atoms with Crippen LogP contribution in [0, 0.1) is 17.6 Å². The number of hydrogen-bond acceptors (Lipinski definition) is 3. The van der Waals surface area contributed by atoms with E-state index in [2.05, 4.69) is 4.90 Å². The van der Waals surface area contributed by atoms with Crippen molar-refractivity contribution in [2.45, 2.75) is 18.9 Å². The number of rotatable bonds is 7. The highest BCUT2D eigenvalue weighted by atomic mass is 19.1. The summed E-state index contributed by atoms with van der Waals surface area (Å²) >= 11 is 0. The van der Waals surface area contributed by atoms with Gasteiger partial charge in [-0.1, -0.05) is 24.3 Å². The summed E-state index contributed by atoms with van der Waals surface area (Å²) in [4.78, 5) is 13.2. The number of carboxylic acid groups (broad SMARTS) is 1. The van der Waals surface area contributed by atoms with E-state index in [-0.39, 0.29) is 17.6 Å². The third-order valence-electron chi connectivity index (χ3n) is 4.97. The van der Waals surface area contributed by atoms with Crippen LogP contribution in [0.1, 0.15) is 30.1 Å². The highest BCUT2D eigenvalue weighted by Crippen LogP contribution is 2.27. The summed E-state index contributed by atoms with van der Waals surface area (Å²) in [5, 5.41) is 9.07. The van der Waals surface area contributed by atoms with Gasteiger partial charge < -0.3 is 14.7 Å². The second kappa shape index (κ2) is 9.06. The number of carboxylic acids is 1. The lowest BCUT2D eigenvalue weighted by atomic mass is 9.97. The van der Waals surface area contributed by atoms with E-state index in [1.165, 1.54) is 24.3 Å². The number of hydrogen-bond donors (Lipinski definition) is 1. The summed E-state index contributed by atoms with van der Waals surface area (Å²) in [7, 11) is 0. The number of benzene rings is 2. The molecule has 4 nitrogen and oxygen atoms in total. The van der Waals surface area contributed by atoms with E-state index < -0.39 is 12.1 Å². The second-order valence-corrected chi connectivity index (χ2v) is 6.81. The van der Waals surface area contributed by atoms with E-state index >= 15 is 0 Å². The van der Waals surface area contributed by atoms with Crippen LogP contribution in [0.2, 0.25) is 0 Å². The molecule has 1 fully saturated rings. The molecule has 0 unspecified atom stereocenters. The topological polar surface area (TPSA) is 49.8 Å². The van der Waals surface area contributed by atoms with Crippen LogP contribution in [0.15, 0.2) is 48.5 Å². The Morgan fingerprint density at radius 2 is 1.48 bits per heavy atom. The molecule has 1 saturated heterocycles. The fourth-order valence-electron chi connectivity index (χ4n) is 3.36. The molecule has 0 aromatic heterocycles. The summed E-state index contributed by atoms with van der Waals surface area (Å²) in [6.45, 7) is 2.60. The minimum atomic E-state index is -0.724. The van der Waals surface area contributed by atoms with Crippen LogP contribution in [0.5, 0.6) is 0 Å². The van der Waals surface area contributed by atoms with E-state index in [0.29, 0.717) is 26.0 Å². The zero-order chi connectivity index (χ0) is 19.2. The predicted octanol–water partition coefficient (Wildman–Crippen LogP) is 3.87. The summed E-state index contributed by atoms with van der Waals surface area (Å²) in [6, 6.07) is 12.2. The molecule has 1 aliphatic heterocycles. The molecule has 0 aliphatic carbocycles. The number of aliphatic carboxylic acids is 1. The highest BCUT2D eigenvalue weighted by Gasteiger charge is 2.24. The first-order valence-electron chi connectivity index (χ1n) is 9.10. The van der Waals surface area contributed by atoms with Crippen molar-refractivity contribution in [3.63, 3.8) is 0 Å². The van der Waals surface area contributed by atoms with Gasteiger partial charge in [-0.3, -0.25) is 4.79 Å². The van der Waals surface area contributed by atoms with Gasteiger partial charge in [0, 0.05) is 6.54 Å². The van der Waals surface area contributed by atoms with Gasteiger partial charge in [0.25, 0.3) is 0 Å². The summed E-state index contributed by atoms with van der Waals surface area (Å²) < 4.78 is 32.6. The Labute approximate surface area is 157 Å². The zero-order valence-corrected chi connectivity index (χ0v) is 15.0. The van der Waals surface area contributed by atoms with Crippen LogP contribution in [0.4, 0.5) is 8.78 Å². The largest absolute Gasteiger partial charge is 0.481 e. The van der Waals surface area contributed by atoms with Crippen LogP contribution in [0.25, 0.3) is 0 Å². The molecule has 0 radical (unpaired) electrons. The lowest BCUT2D eigenvalue weighted by Crippen LogP contribution is -2.38. The quantitative estimate of drug-likeness (QED) is 0.798. The van der Waals surface area contributed by atoms with Crippen molar-refractivity contribution >= 4 is 5.97 Å². The Morgan fingerprint density at radius 1 is 1.00 bits per heavy atom. The van der Waals surface area contributed by atoms with E-state index in [4.69, 9.17) is 9.84 Å². The molecule has 0 atom stereocenters. The van der Waals surface area contributed by atoms with Crippen molar-refractivity contribution in [3.05, 3.63) is 71.3 Å². The lowest BCUT2D eigenvalue weighted by Gasteiger charge is -2.30. The molecule has 1 heterocycles. The van der Waals surface area contributed by atoms with Gasteiger partial charge in [0.1, 0.15) is 17.7 Å². The number of carbonyl (C=O) groups is 1. The average molecular weight is 375 g/mol. The van der Waals surface area contributed by atoms with Crippen LogP contribution >= 0.6 is 0 Å². The van der Waals surface area contributed by atoms with Gasteiger partial charge in [0.15, 0.2) is 0 Å². The van der Waals surface area contributed by atoms with Gasteiger partial charge in [-0.2, -0.15) is 0 Å². The van der Waals surface area contributed by atoms with E-state index in [0.717, 1.165) is 24.2 Å². The molecule has 0 amide bonds. The van der Waals surface area contributed by atoms with Gasteiger partial charge in [0.2, 0.25) is 0 Å². The van der Waals surface area contributed by atoms with Crippen molar-refractivity contribution in [3.8, 4) is 0 Å². The minimum absolute atomic E-state index is 0.256. The maximum atomic E-state index is 13.2. The summed E-state index contributed by atoms with van der Waals surface area (Å²) in [6.07, 6.45) is 0.881. The standard InChI is InChI=1S/C21H23F2NO3/c22-18-5-1-15(2-6-18)20(16-3-7-19(23)8-4-16)27-14-13-24-11-9-17(10-12-24)21(25)26/h1-8,17,20H,9-14H2,(H,25,26). The van der Waals surface area contributed by atoms with Crippen molar-refractivity contribution in [2.75, 3.05) is 26.2 Å². The summed E-state index contributed by atoms with van der Waals surface area (Å²) in [5.41, 5.74) is 1.60.